The molecule has 2 heterocycles. The summed E-state index contributed by atoms with van der Waals surface area (Å²) >= 11 is 6.08. The molecule has 0 unspecified atom stereocenters. The predicted molar refractivity (Wildman–Crippen MR) is 80.6 cm³/mol. The summed E-state index contributed by atoms with van der Waals surface area (Å²) in [7, 11) is -3.54. The van der Waals surface area contributed by atoms with Crippen LogP contribution in [0.4, 0.5) is 5.82 Å². The van der Waals surface area contributed by atoms with Crippen molar-refractivity contribution in [1.29, 1.82) is 0 Å². The molecule has 1 aromatic rings. The molecule has 0 amide bonds. The third-order valence-electron chi connectivity index (χ3n) is 3.57. The van der Waals surface area contributed by atoms with Gasteiger partial charge in [0, 0.05) is 24.8 Å². The van der Waals surface area contributed by atoms with Gasteiger partial charge >= 0.3 is 0 Å². The lowest BCUT2D eigenvalue weighted by Crippen LogP contribution is -2.42. The molecular formula is C13H20ClN3O2S. The second-order valence-corrected chi connectivity index (χ2v) is 7.79. The van der Waals surface area contributed by atoms with Crippen LogP contribution in [0.3, 0.4) is 0 Å². The molecule has 112 valence electrons. The van der Waals surface area contributed by atoms with Crippen molar-refractivity contribution >= 4 is 27.4 Å². The third-order valence-corrected chi connectivity index (χ3v) is 5.94. The van der Waals surface area contributed by atoms with Gasteiger partial charge in [-0.25, -0.2) is 13.4 Å². The lowest BCUT2D eigenvalue weighted by atomic mass is 10.0. The van der Waals surface area contributed by atoms with Crippen molar-refractivity contribution in [1.82, 2.24) is 9.29 Å². The molecule has 1 saturated heterocycles. The fourth-order valence-corrected chi connectivity index (χ4v) is 4.63. The van der Waals surface area contributed by atoms with Crippen LogP contribution in [0.2, 0.25) is 5.02 Å². The Hall–Kier alpha value is -0.850. The number of hydrogen-bond donors (Lipinski definition) is 1. The van der Waals surface area contributed by atoms with E-state index in [1.807, 2.05) is 20.8 Å². The molecule has 1 fully saturated rings. The molecule has 1 aliphatic heterocycles. The van der Waals surface area contributed by atoms with Crippen LogP contribution in [-0.4, -0.2) is 36.3 Å². The summed E-state index contributed by atoms with van der Waals surface area (Å²) in [5.74, 6) is 0.508. The molecule has 0 saturated carbocycles. The minimum absolute atomic E-state index is 0.152. The van der Waals surface area contributed by atoms with Crippen LogP contribution in [-0.2, 0) is 10.0 Å². The zero-order chi connectivity index (χ0) is 15.0. The highest BCUT2D eigenvalue weighted by Crippen LogP contribution is 2.34. The Labute approximate surface area is 125 Å². The van der Waals surface area contributed by atoms with Gasteiger partial charge in [-0.15, -0.1) is 0 Å². The molecule has 0 aromatic carbocycles. The summed E-state index contributed by atoms with van der Waals surface area (Å²) in [6, 6.07) is 1.47. The first-order chi connectivity index (χ1) is 9.29. The normalized spacial score (nSPS) is 19.2. The van der Waals surface area contributed by atoms with Crippen LogP contribution in [0.25, 0.3) is 0 Å². The van der Waals surface area contributed by atoms with E-state index in [0.29, 0.717) is 23.9 Å². The van der Waals surface area contributed by atoms with Crippen molar-refractivity contribution in [3.63, 3.8) is 0 Å². The van der Waals surface area contributed by atoms with E-state index in [9.17, 15) is 8.42 Å². The van der Waals surface area contributed by atoms with E-state index in [4.69, 9.17) is 11.6 Å². The van der Waals surface area contributed by atoms with Crippen molar-refractivity contribution < 1.29 is 8.42 Å². The molecule has 1 aromatic heterocycles. The Kier molecular flexibility index (Phi) is 4.27. The third kappa shape index (κ3) is 2.77. The summed E-state index contributed by atoms with van der Waals surface area (Å²) < 4.78 is 26.9. The predicted octanol–water partition coefficient (Wildman–Crippen LogP) is 2.73. The fraction of sp³-hybridized carbons (Fsp3) is 0.615. The SMILES string of the molecule is CCNc1ncc(S(=O)(=O)N2CCCC2(C)C)cc1Cl. The number of nitrogens with zero attached hydrogens (tertiary/aromatic N) is 2. The molecule has 2 rings (SSSR count). The van der Waals surface area contributed by atoms with Gasteiger partial charge in [0.25, 0.3) is 0 Å². The van der Waals surface area contributed by atoms with Crippen molar-refractivity contribution in [3.8, 4) is 0 Å². The number of aromatic nitrogens is 1. The molecular weight excluding hydrogens is 298 g/mol. The minimum atomic E-state index is -3.54. The second kappa shape index (κ2) is 5.50. The highest BCUT2D eigenvalue weighted by atomic mass is 35.5. The minimum Gasteiger partial charge on any atom is -0.369 e. The summed E-state index contributed by atoms with van der Waals surface area (Å²) in [6.45, 7) is 7.04. The van der Waals surface area contributed by atoms with Crippen molar-refractivity contribution in [2.75, 3.05) is 18.4 Å². The molecule has 5 nitrogen and oxygen atoms in total. The van der Waals surface area contributed by atoms with Gasteiger partial charge in [0.1, 0.15) is 10.7 Å². The standard InChI is InChI=1S/C13H20ClN3O2S/c1-4-15-12-11(14)8-10(9-16-12)20(18,19)17-7-5-6-13(17,2)3/h8-9H,4-7H2,1-3H3,(H,15,16). The zero-order valence-electron chi connectivity index (χ0n) is 12.0. The molecule has 7 heteroatoms. The van der Waals surface area contributed by atoms with Crippen molar-refractivity contribution in [2.24, 2.45) is 0 Å². The summed E-state index contributed by atoms with van der Waals surface area (Å²) in [4.78, 5) is 4.26. The molecule has 0 bridgehead atoms. The Bertz CT molecular complexity index is 602. The fourth-order valence-electron chi connectivity index (χ4n) is 2.51. The molecule has 0 aliphatic carbocycles. The van der Waals surface area contributed by atoms with Gasteiger partial charge in [0.05, 0.1) is 5.02 Å². The van der Waals surface area contributed by atoms with E-state index in [1.165, 1.54) is 12.3 Å². The van der Waals surface area contributed by atoms with Crippen molar-refractivity contribution in [2.45, 2.75) is 44.0 Å². The average Bonchev–Trinajstić information content (AvgIpc) is 2.72. The number of anilines is 1. The van der Waals surface area contributed by atoms with Crippen LogP contribution >= 0.6 is 11.6 Å². The highest BCUT2D eigenvalue weighted by molar-refractivity contribution is 7.89. The quantitative estimate of drug-likeness (QED) is 0.927. The maximum absolute atomic E-state index is 12.7. The summed E-state index contributed by atoms with van der Waals surface area (Å²) in [6.07, 6.45) is 3.11. The number of sulfonamides is 1. The van der Waals surface area contributed by atoms with Gasteiger partial charge in [0.15, 0.2) is 0 Å². The first kappa shape index (κ1) is 15.5. The molecule has 0 radical (unpaired) electrons. The van der Waals surface area contributed by atoms with Crippen LogP contribution in [0.5, 0.6) is 0 Å². The maximum Gasteiger partial charge on any atom is 0.245 e. The smallest absolute Gasteiger partial charge is 0.245 e. The van der Waals surface area contributed by atoms with Gasteiger partial charge in [-0.2, -0.15) is 4.31 Å². The first-order valence-corrected chi connectivity index (χ1v) is 8.53. The van der Waals surface area contributed by atoms with Crippen molar-refractivity contribution in [3.05, 3.63) is 17.3 Å². The number of pyridine rings is 1. The van der Waals surface area contributed by atoms with Gasteiger partial charge in [0.2, 0.25) is 10.0 Å². The second-order valence-electron chi connectivity index (χ2n) is 5.52. The molecule has 1 N–H and O–H groups in total. The molecule has 20 heavy (non-hydrogen) atoms. The number of hydrogen-bond acceptors (Lipinski definition) is 4. The van der Waals surface area contributed by atoms with Gasteiger partial charge < -0.3 is 5.32 Å². The molecule has 0 atom stereocenters. The van der Waals surface area contributed by atoms with E-state index in [2.05, 4.69) is 10.3 Å². The van der Waals surface area contributed by atoms with Crippen LogP contribution in [0.15, 0.2) is 17.2 Å². The summed E-state index contributed by atoms with van der Waals surface area (Å²) in [5.41, 5.74) is -0.356. The largest absolute Gasteiger partial charge is 0.369 e. The summed E-state index contributed by atoms with van der Waals surface area (Å²) in [5, 5.41) is 3.31. The van der Waals surface area contributed by atoms with E-state index in [0.717, 1.165) is 12.8 Å². The topological polar surface area (TPSA) is 62.3 Å². The number of rotatable bonds is 4. The van der Waals surface area contributed by atoms with Gasteiger partial charge in [-0.3, -0.25) is 0 Å². The molecule has 0 spiro atoms. The van der Waals surface area contributed by atoms with Crippen LogP contribution < -0.4 is 5.32 Å². The number of halogens is 1. The van der Waals surface area contributed by atoms with Crippen LogP contribution in [0.1, 0.15) is 33.6 Å². The zero-order valence-corrected chi connectivity index (χ0v) is 13.6. The molecule has 1 aliphatic rings. The lowest BCUT2D eigenvalue weighted by molar-refractivity contribution is 0.291. The van der Waals surface area contributed by atoms with Gasteiger partial charge in [-0.05, 0) is 39.7 Å². The van der Waals surface area contributed by atoms with E-state index >= 15 is 0 Å². The maximum atomic E-state index is 12.7. The number of nitrogens with one attached hydrogen (secondary N) is 1. The average molecular weight is 318 g/mol. The van der Waals surface area contributed by atoms with E-state index < -0.39 is 10.0 Å². The van der Waals surface area contributed by atoms with Gasteiger partial charge in [-0.1, -0.05) is 11.6 Å². The van der Waals surface area contributed by atoms with Crippen LogP contribution in [0, 0.1) is 0 Å². The Morgan fingerprint density at radius 1 is 1.50 bits per heavy atom. The van der Waals surface area contributed by atoms with E-state index in [1.54, 1.807) is 4.31 Å². The lowest BCUT2D eigenvalue weighted by Gasteiger charge is -2.30. The Balaban J connectivity index is 2.38. The Morgan fingerprint density at radius 3 is 2.70 bits per heavy atom. The van der Waals surface area contributed by atoms with E-state index in [-0.39, 0.29) is 10.4 Å². The first-order valence-electron chi connectivity index (χ1n) is 6.71. The Morgan fingerprint density at radius 2 is 2.20 bits per heavy atom. The monoisotopic (exact) mass is 317 g/mol. The highest BCUT2D eigenvalue weighted by Gasteiger charge is 2.41.